The zero-order chi connectivity index (χ0) is 9.14. The van der Waals surface area contributed by atoms with Crippen molar-refractivity contribution >= 4 is 31.9 Å². The minimum Gasteiger partial charge on any atom is -0.483 e. The molecule has 0 unspecified atom stereocenters. The van der Waals surface area contributed by atoms with E-state index in [1.54, 1.807) is 0 Å². The first-order valence-electron chi connectivity index (χ1n) is 3.52. The Balaban J connectivity index is 2.86. The molecule has 0 spiro atoms. The van der Waals surface area contributed by atoms with Gasteiger partial charge in [-0.3, -0.25) is 0 Å². The molecule has 0 saturated heterocycles. The summed E-state index contributed by atoms with van der Waals surface area (Å²) < 4.78 is 7.44. The number of hydrogen-bond donors (Lipinski definition) is 0. The highest BCUT2D eigenvalue weighted by Crippen LogP contribution is 2.29. The summed E-state index contributed by atoms with van der Waals surface area (Å²) in [4.78, 5) is 0. The van der Waals surface area contributed by atoms with E-state index < -0.39 is 0 Å². The summed E-state index contributed by atoms with van der Waals surface area (Å²) in [6.45, 7) is 3.85. The lowest BCUT2D eigenvalue weighted by Gasteiger charge is -2.09. The van der Waals surface area contributed by atoms with Crippen LogP contribution in [0, 0.1) is 6.10 Å². The van der Waals surface area contributed by atoms with Crippen LogP contribution in [0.5, 0.6) is 5.75 Å². The van der Waals surface area contributed by atoms with E-state index in [-0.39, 0.29) is 0 Å². The molecule has 0 amide bonds. The largest absolute Gasteiger partial charge is 0.483 e. The Morgan fingerprint density at radius 2 is 1.92 bits per heavy atom. The summed E-state index contributed by atoms with van der Waals surface area (Å²) >= 11 is 6.78. The van der Waals surface area contributed by atoms with Gasteiger partial charge in [-0.25, -0.2) is 0 Å². The molecular weight excluding hydrogens is 284 g/mol. The van der Waals surface area contributed by atoms with Crippen LogP contribution in [-0.4, -0.2) is 0 Å². The van der Waals surface area contributed by atoms with Gasteiger partial charge in [0.15, 0.2) is 0 Å². The van der Waals surface area contributed by atoms with Crippen LogP contribution in [0.15, 0.2) is 27.1 Å². The summed E-state index contributed by atoms with van der Waals surface area (Å²) in [5, 5.41) is 0. The van der Waals surface area contributed by atoms with Crippen molar-refractivity contribution in [2.24, 2.45) is 0 Å². The second kappa shape index (κ2) is 4.28. The minimum absolute atomic E-state index is 0.846. The zero-order valence-corrected chi connectivity index (χ0v) is 10.1. The normalized spacial score (nSPS) is 10.4. The fourth-order valence-electron chi connectivity index (χ4n) is 0.778. The van der Waals surface area contributed by atoms with Crippen molar-refractivity contribution < 1.29 is 4.74 Å². The van der Waals surface area contributed by atoms with E-state index in [4.69, 9.17) is 4.74 Å². The molecule has 1 radical (unpaired) electrons. The van der Waals surface area contributed by atoms with E-state index in [9.17, 15) is 0 Å². The fraction of sp³-hybridized carbons (Fsp3) is 0.222. The van der Waals surface area contributed by atoms with Gasteiger partial charge in [-0.15, -0.1) is 0 Å². The van der Waals surface area contributed by atoms with E-state index in [0.717, 1.165) is 20.8 Å². The van der Waals surface area contributed by atoms with Crippen molar-refractivity contribution in [2.75, 3.05) is 0 Å². The third kappa shape index (κ3) is 2.79. The molecule has 3 heteroatoms. The molecule has 1 aromatic carbocycles. The van der Waals surface area contributed by atoms with E-state index in [0.29, 0.717) is 0 Å². The Bertz CT molecular complexity index is 271. The van der Waals surface area contributed by atoms with Crippen molar-refractivity contribution in [3.05, 3.63) is 33.2 Å². The number of ether oxygens (including phenoxy) is 1. The number of rotatable bonds is 2. The standard InChI is InChI=1S/C9H9Br2O/c1-6(2)12-9-4-3-7(10)5-8(9)11/h3-5H,1-2H3. The summed E-state index contributed by atoms with van der Waals surface area (Å²) in [6.07, 6.45) is 0.929. The van der Waals surface area contributed by atoms with Gasteiger partial charge in [0.1, 0.15) is 11.9 Å². The maximum Gasteiger partial charge on any atom is 0.142 e. The van der Waals surface area contributed by atoms with Gasteiger partial charge in [-0.1, -0.05) is 15.9 Å². The summed E-state index contributed by atoms with van der Waals surface area (Å²) in [6, 6.07) is 5.82. The third-order valence-corrected chi connectivity index (χ3v) is 2.32. The van der Waals surface area contributed by atoms with Crippen molar-refractivity contribution in [3.8, 4) is 5.75 Å². The van der Waals surface area contributed by atoms with Crippen molar-refractivity contribution in [1.82, 2.24) is 0 Å². The molecular formula is C9H9Br2O. The molecule has 0 fully saturated rings. The highest BCUT2D eigenvalue weighted by molar-refractivity contribution is 9.11. The summed E-state index contributed by atoms with van der Waals surface area (Å²) in [5.74, 6) is 0.846. The smallest absolute Gasteiger partial charge is 0.142 e. The molecule has 12 heavy (non-hydrogen) atoms. The quantitative estimate of drug-likeness (QED) is 0.795. The lowest BCUT2D eigenvalue weighted by atomic mass is 10.3. The van der Waals surface area contributed by atoms with Crippen molar-refractivity contribution in [3.63, 3.8) is 0 Å². The molecule has 0 saturated carbocycles. The molecule has 1 aromatic rings. The molecule has 0 bridgehead atoms. The first kappa shape index (κ1) is 10.1. The highest BCUT2D eigenvalue weighted by atomic mass is 79.9. The monoisotopic (exact) mass is 291 g/mol. The average molecular weight is 293 g/mol. The van der Waals surface area contributed by atoms with Gasteiger partial charge >= 0.3 is 0 Å². The first-order valence-corrected chi connectivity index (χ1v) is 5.11. The molecule has 0 aliphatic carbocycles. The molecule has 0 N–H and O–H groups in total. The van der Waals surface area contributed by atoms with Gasteiger partial charge in [0, 0.05) is 4.47 Å². The maximum atomic E-state index is 5.45. The van der Waals surface area contributed by atoms with E-state index >= 15 is 0 Å². The predicted octanol–water partition coefficient (Wildman–Crippen LogP) is 4.16. The number of hydrogen-bond acceptors (Lipinski definition) is 1. The van der Waals surface area contributed by atoms with Crippen LogP contribution in [0.1, 0.15) is 13.8 Å². The lowest BCUT2D eigenvalue weighted by Crippen LogP contribution is -1.96. The molecule has 0 aromatic heterocycles. The second-order valence-corrected chi connectivity index (χ2v) is 4.36. The van der Waals surface area contributed by atoms with Crippen LogP contribution in [0.3, 0.4) is 0 Å². The van der Waals surface area contributed by atoms with Crippen molar-refractivity contribution in [2.45, 2.75) is 13.8 Å². The Labute approximate surface area is 89.4 Å². The van der Waals surface area contributed by atoms with E-state index in [1.807, 2.05) is 32.0 Å². The fourth-order valence-corrected chi connectivity index (χ4v) is 1.91. The van der Waals surface area contributed by atoms with Gasteiger partial charge in [-0.2, -0.15) is 0 Å². The van der Waals surface area contributed by atoms with Crippen molar-refractivity contribution in [1.29, 1.82) is 0 Å². The van der Waals surface area contributed by atoms with Crippen LogP contribution < -0.4 is 4.74 Å². The van der Waals surface area contributed by atoms with Crippen LogP contribution in [0.4, 0.5) is 0 Å². The van der Waals surface area contributed by atoms with Gasteiger partial charge in [0.05, 0.1) is 4.47 Å². The summed E-state index contributed by atoms with van der Waals surface area (Å²) in [7, 11) is 0. The second-order valence-electron chi connectivity index (χ2n) is 2.59. The minimum atomic E-state index is 0.846. The molecule has 0 atom stereocenters. The van der Waals surface area contributed by atoms with Crippen LogP contribution in [-0.2, 0) is 0 Å². The first-order chi connectivity index (χ1) is 5.59. The van der Waals surface area contributed by atoms with Gasteiger partial charge < -0.3 is 4.74 Å². The lowest BCUT2D eigenvalue weighted by molar-refractivity contribution is 0.343. The maximum absolute atomic E-state index is 5.45. The van der Waals surface area contributed by atoms with E-state index in [1.165, 1.54) is 0 Å². The summed E-state index contributed by atoms with van der Waals surface area (Å²) in [5.41, 5.74) is 0. The predicted molar refractivity (Wildman–Crippen MR) is 57.1 cm³/mol. The highest BCUT2D eigenvalue weighted by Gasteiger charge is 2.03. The molecule has 1 nitrogen and oxygen atoms in total. The van der Waals surface area contributed by atoms with Crippen LogP contribution in [0.25, 0.3) is 0 Å². The zero-order valence-electron chi connectivity index (χ0n) is 6.90. The van der Waals surface area contributed by atoms with Gasteiger partial charge in [-0.05, 0) is 48.0 Å². The molecule has 65 valence electrons. The number of benzene rings is 1. The van der Waals surface area contributed by atoms with Crippen LogP contribution in [0.2, 0.25) is 0 Å². The topological polar surface area (TPSA) is 9.23 Å². The van der Waals surface area contributed by atoms with E-state index in [2.05, 4.69) is 31.9 Å². The Morgan fingerprint density at radius 3 is 2.42 bits per heavy atom. The van der Waals surface area contributed by atoms with Gasteiger partial charge in [0.2, 0.25) is 0 Å². The Morgan fingerprint density at radius 1 is 1.25 bits per heavy atom. The molecule has 0 heterocycles. The Hall–Kier alpha value is -0.0200. The average Bonchev–Trinajstić information content (AvgIpc) is 1.94. The molecule has 0 aliphatic rings. The number of halogens is 2. The van der Waals surface area contributed by atoms with Gasteiger partial charge in [0.25, 0.3) is 0 Å². The molecule has 0 aliphatic heterocycles. The third-order valence-electron chi connectivity index (χ3n) is 1.21. The Kier molecular flexibility index (Phi) is 3.59. The molecule has 1 rings (SSSR count). The van der Waals surface area contributed by atoms with Crippen LogP contribution >= 0.6 is 31.9 Å². The SMILES string of the molecule is C[C](C)Oc1ccc(Br)cc1Br.